The lowest BCUT2D eigenvalue weighted by Crippen LogP contribution is -2.47. The summed E-state index contributed by atoms with van der Waals surface area (Å²) in [7, 11) is 0. The van der Waals surface area contributed by atoms with E-state index in [0.29, 0.717) is 37.5 Å². The largest absolute Gasteiger partial charge is 0.453 e. The van der Waals surface area contributed by atoms with Crippen molar-refractivity contribution in [3.8, 4) is 34.4 Å². The molecule has 1 aliphatic carbocycles. The molecular formula is C31H36N6O6. The second-order valence-electron chi connectivity index (χ2n) is 12.3. The number of hydrogen-bond donors (Lipinski definition) is 1. The first-order valence-corrected chi connectivity index (χ1v) is 14.8. The molecule has 3 aliphatic heterocycles. The van der Waals surface area contributed by atoms with Crippen LogP contribution in [0.15, 0.2) is 50.4 Å². The highest BCUT2D eigenvalue weighted by molar-refractivity contribution is 5.68. The van der Waals surface area contributed by atoms with Gasteiger partial charge in [-0.15, -0.1) is 5.10 Å². The molecule has 4 aliphatic rings. The first kappa shape index (κ1) is 28.8. The summed E-state index contributed by atoms with van der Waals surface area (Å²) in [5.74, 6) is 1.40. The normalized spacial score (nSPS) is 16.7. The van der Waals surface area contributed by atoms with Crippen LogP contribution in [0, 0.1) is 0 Å². The number of aliphatic hydroxyl groups excluding tert-OH is 1. The summed E-state index contributed by atoms with van der Waals surface area (Å²) in [4.78, 5) is 50.4. The van der Waals surface area contributed by atoms with Crippen molar-refractivity contribution in [2.75, 3.05) is 13.1 Å². The Morgan fingerprint density at radius 1 is 0.953 bits per heavy atom. The summed E-state index contributed by atoms with van der Waals surface area (Å²) in [6.07, 6.45) is 4.18. The van der Waals surface area contributed by atoms with Gasteiger partial charge in [-0.05, 0) is 64.2 Å². The molecule has 6 rings (SSSR count). The maximum absolute atomic E-state index is 14.0. The predicted molar refractivity (Wildman–Crippen MR) is 158 cm³/mol. The molecule has 0 atom stereocenters. The maximum Gasteiger partial charge on any atom is 0.410 e. The van der Waals surface area contributed by atoms with E-state index in [0.717, 1.165) is 36.8 Å². The molecule has 1 aromatic heterocycles. The van der Waals surface area contributed by atoms with Gasteiger partial charge >= 0.3 is 11.8 Å². The van der Waals surface area contributed by atoms with Gasteiger partial charge in [0, 0.05) is 24.7 Å². The van der Waals surface area contributed by atoms with E-state index in [1.807, 2.05) is 51.1 Å². The highest BCUT2D eigenvalue weighted by Gasteiger charge is 2.33. The van der Waals surface area contributed by atoms with Crippen molar-refractivity contribution in [3.63, 3.8) is 0 Å². The topological polar surface area (TPSA) is 146 Å². The fraction of sp³-hybridized carbons (Fsp3) is 0.484. The third-order valence-electron chi connectivity index (χ3n) is 8.08. The molecule has 43 heavy (non-hydrogen) atoms. The van der Waals surface area contributed by atoms with Crippen LogP contribution >= 0.6 is 0 Å². The Morgan fingerprint density at radius 2 is 1.63 bits per heavy atom. The fourth-order valence-electron chi connectivity index (χ4n) is 5.88. The zero-order chi connectivity index (χ0) is 30.3. The third-order valence-corrected chi connectivity index (χ3v) is 8.08. The van der Waals surface area contributed by atoms with Crippen LogP contribution in [-0.2, 0) is 11.3 Å². The van der Waals surface area contributed by atoms with Gasteiger partial charge in [0.05, 0.1) is 12.6 Å². The van der Waals surface area contributed by atoms with Crippen LogP contribution < -0.4 is 11.2 Å². The van der Waals surface area contributed by atoms with E-state index in [9.17, 15) is 19.5 Å². The molecule has 2 aromatic rings. The SMILES string of the molecule is CC(C)(C)OC(=O)N1CCC(n2c(=O)nc3n(C4CCCC4)nc(-c4ccc(-c5ccc(CO)cc5)o4)nc-3c2=O)CC1. The van der Waals surface area contributed by atoms with Gasteiger partial charge in [-0.25, -0.2) is 19.3 Å². The number of benzene rings is 1. The van der Waals surface area contributed by atoms with Crippen LogP contribution in [0.3, 0.4) is 0 Å². The molecule has 226 valence electrons. The average molecular weight is 589 g/mol. The van der Waals surface area contributed by atoms with Gasteiger partial charge in [0.1, 0.15) is 11.4 Å². The summed E-state index contributed by atoms with van der Waals surface area (Å²) >= 11 is 0. The molecule has 2 fully saturated rings. The molecule has 1 saturated carbocycles. The molecule has 1 saturated heterocycles. The van der Waals surface area contributed by atoms with Crippen LogP contribution in [0.4, 0.5) is 4.79 Å². The standard InChI is InChI=1S/C31H36N6O6/c1-31(2,3)43-30(41)35-16-14-21(15-17-35)36-28(39)25-27(33-29(36)40)37(22-6-4-5-7-22)34-26(32-25)24-13-12-23(42-24)20-10-8-19(18-38)9-11-20/h8-13,21-22,38H,4-7,14-18H2,1-3H3. The van der Waals surface area contributed by atoms with Crippen LogP contribution in [0.2, 0.25) is 0 Å². The van der Waals surface area contributed by atoms with Gasteiger partial charge in [0.2, 0.25) is 5.82 Å². The van der Waals surface area contributed by atoms with E-state index in [4.69, 9.17) is 14.3 Å². The van der Waals surface area contributed by atoms with Gasteiger partial charge in [0.15, 0.2) is 17.3 Å². The monoisotopic (exact) mass is 588 g/mol. The number of aliphatic hydroxyl groups is 1. The number of likely N-dealkylation sites (tertiary alicyclic amines) is 1. The Labute approximate surface area is 248 Å². The number of amides is 1. The molecule has 0 bridgehead atoms. The lowest BCUT2D eigenvalue weighted by molar-refractivity contribution is 0.0186. The maximum atomic E-state index is 14.0. The summed E-state index contributed by atoms with van der Waals surface area (Å²) in [6, 6.07) is 10.5. The summed E-state index contributed by atoms with van der Waals surface area (Å²) in [5.41, 5.74) is -0.0822. The highest BCUT2D eigenvalue weighted by atomic mass is 16.6. The average Bonchev–Trinajstić information content (AvgIpc) is 3.70. The second kappa shape index (κ2) is 11.4. The van der Waals surface area contributed by atoms with Crippen molar-refractivity contribution in [3.05, 3.63) is 62.8 Å². The first-order valence-electron chi connectivity index (χ1n) is 14.8. The lowest BCUT2D eigenvalue weighted by Gasteiger charge is -2.33. The zero-order valence-corrected chi connectivity index (χ0v) is 24.7. The van der Waals surface area contributed by atoms with Gasteiger partial charge in [-0.2, -0.15) is 4.98 Å². The van der Waals surface area contributed by atoms with Gasteiger partial charge < -0.3 is 19.2 Å². The molecule has 12 heteroatoms. The molecule has 0 radical (unpaired) electrons. The second-order valence-corrected chi connectivity index (χ2v) is 12.3. The summed E-state index contributed by atoms with van der Waals surface area (Å²) < 4.78 is 14.5. The van der Waals surface area contributed by atoms with Gasteiger partial charge in [-0.3, -0.25) is 9.36 Å². The predicted octanol–water partition coefficient (Wildman–Crippen LogP) is 4.41. The van der Waals surface area contributed by atoms with Crippen molar-refractivity contribution in [1.82, 2.24) is 29.2 Å². The smallest absolute Gasteiger partial charge is 0.410 e. The van der Waals surface area contributed by atoms with E-state index in [-0.39, 0.29) is 30.0 Å². The van der Waals surface area contributed by atoms with Gasteiger partial charge in [-0.1, -0.05) is 37.1 Å². The van der Waals surface area contributed by atoms with Crippen LogP contribution in [0.1, 0.15) is 76.9 Å². The molecule has 4 heterocycles. The molecule has 1 N–H and O–H groups in total. The number of ether oxygens (including phenoxy) is 1. The van der Waals surface area contributed by atoms with Crippen molar-refractivity contribution in [1.29, 1.82) is 0 Å². The van der Waals surface area contributed by atoms with E-state index >= 15 is 0 Å². The number of furan rings is 1. The number of carbonyl (C=O) groups is 1. The van der Waals surface area contributed by atoms with Crippen molar-refractivity contribution in [2.24, 2.45) is 0 Å². The highest BCUT2D eigenvalue weighted by Crippen LogP contribution is 2.34. The minimum atomic E-state index is -0.636. The Balaban J connectivity index is 1.36. The Morgan fingerprint density at radius 3 is 2.28 bits per heavy atom. The van der Waals surface area contributed by atoms with Crippen LogP contribution in [0.25, 0.3) is 34.4 Å². The molecule has 12 nitrogen and oxygen atoms in total. The molecule has 0 unspecified atom stereocenters. The Kier molecular flexibility index (Phi) is 7.63. The third kappa shape index (κ3) is 5.83. The van der Waals surface area contributed by atoms with Crippen LogP contribution in [0.5, 0.6) is 0 Å². The lowest BCUT2D eigenvalue weighted by atomic mass is 10.0. The summed E-state index contributed by atoms with van der Waals surface area (Å²) in [6.45, 7) is 6.11. The van der Waals surface area contributed by atoms with Crippen molar-refractivity contribution < 1.29 is 19.1 Å². The number of piperidine rings is 1. The van der Waals surface area contributed by atoms with Crippen molar-refractivity contribution in [2.45, 2.75) is 83.6 Å². The number of fused-ring (bicyclic) bond motifs is 1. The van der Waals surface area contributed by atoms with E-state index in [1.54, 1.807) is 15.6 Å². The van der Waals surface area contributed by atoms with Crippen LogP contribution in [-0.4, -0.2) is 59.1 Å². The molecule has 1 amide bonds. The zero-order valence-electron chi connectivity index (χ0n) is 24.7. The number of aromatic nitrogens is 5. The van der Waals surface area contributed by atoms with Crippen molar-refractivity contribution >= 4 is 6.09 Å². The summed E-state index contributed by atoms with van der Waals surface area (Å²) in [5, 5.41) is 14.1. The number of carbonyl (C=O) groups excluding carboxylic acids is 1. The Hall–Kier alpha value is -4.32. The first-order chi connectivity index (χ1) is 20.6. The quantitative estimate of drug-likeness (QED) is 0.358. The number of hydrogen-bond acceptors (Lipinski definition) is 9. The molecule has 0 spiro atoms. The number of nitrogens with zero attached hydrogens (tertiary/aromatic N) is 6. The molecular weight excluding hydrogens is 552 g/mol. The Bertz CT molecular complexity index is 1700. The van der Waals surface area contributed by atoms with E-state index < -0.39 is 29.0 Å². The minimum Gasteiger partial charge on any atom is -0.453 e. The number of rotatable bonds is 5. The van der Waals surface area contributed by atoms with E-state index in [2.05, 4.69) is 9.97 Å². The van der Waals surface area contributed by atoms with Gasteiger partial charge in [0.25, 0.3) is 5.56 Å². The van der Waals surface area contributed by atoms with E-state index in [1.165, 1.54) is 4.57 Å². The molecule has 1 aromatic carbocycles. The minimum absolute atomic E-state index is 0.0103. The fourth-order valence-corrected chi connectivity index (χ4v) is 5.88.